The monoisotopic (exact) mass is 363 g/mol. The van der Waals surface area contributed by atoms with Crippen LogP contribution in [-0.2, 0) is 21.4 Å². The van der Waals surface area contributed by atoms with E-state index in [2.05, 4.69) is 0 Å². The lowest BCUT2D eigenvalue weighted by molar-refractivity contribution is -0.152. The Bertz CT molecular complexity index is 867. The van der Waals surface area contributed by atoms with Crippen molar-refractivity contribution in [2.75, 3.05) is 12.3 Å². The molecule has 9 heteroatoms. The Labute approximate surface area is 148 Å². The van der Waals surface area contributed by atoms with Gasteiger partial charge in [0.1, 0.15) is 17.2 Å². The van der Waals surface area contributed by atoms with E-state index >= 15 is 0 Å². The Morgan fingerprint density at radius 2 is 1.81 bits per heavy atom. The quantitative estimate of drug-likeness (QED) is 0.556. The zero-order valence-corrected chi connectivity index (χ0v) is 14.4. The highest BCUT2D eigenvalue weighted by atomic mass is 16.5. The molecule has 0 amide bonds. The second-order valence-electron chi connectivity index (χ2n) is 7.00. The number of nitrogen functional groups attached to an aromatic ring is 1. The molecule has 140 valence electrons. The molecular formula is C17H21N3O6. The molecule has 26 heavy (non-hydrogen) atoms. The van der Waals surface area contributed by atoms with Gasteiger partial charge >= 0.3 is 11.7 Å². The maximum absolute atomic E-state index is 12.3. The number of nitrogens with two attached hydrogens (primary N) is 1. The number of nitrogens with zero attached hydrogens (tertiary/aromatic N) is 1. The number of aromatic amines is 1. The molecule has 2 bridgehead atoms. The number of Topliss-reactive ketones (excluding diaryl/α,β-unsaturated/α-hetero) is 2. The molecule has 0 aliphatic heterocycles. The summed E-state index contributed by atoms with van der Waals surface area (Å²) in [6, 6.07) is 0. The summed E-state index contributed by atoms with van der Waals surface area (Å²) >= 11 is 0. The molecule has 2 atom stereocenters. The van der Waals surface area contributed by atoms with Crippen LogP contribution in [0.1, 0.15) is 42.5 Å². The third kappa shape index (κ3) is 3.21. The fourth-order valence-corrected chi connectivity index (χ4v) is 3.91. The summed E-state index contributed by atoms with van der Waals surface area (Å²) in [6.45, 7) is -0.635. The summed E-state index contributed by atoms with van der Waals surface area (Å²) in [5, 5.41) is 0. The molecule has 0 aromatic carbocycles. The first kappa shape index (κ1) is 18.1. The van der Waals surface area contributed by atoms with E-state index in [9.17, 15) is 24.0 Å². The van der Waals surface area contributed by atoms with Crippen molar-refractivity contribution >= 4 is 23.4 Å². The summed E-state index contributed by atoms with van der Waals surface area (Å²) in [4.78, 5) is 61.9. The molecule has 1 aromatic rings. The maximum Gasteiger partial charge on any atom is 0.329 e. The van der Waals surface area contributed by atoms with E-state index in [-0.39, 0.29) is 23.4 Å². The van der Waals surface area contributed by atoms with E-state index in [1.54, 1.807) is 0 Å². The van der Waals surface area contributed by atoms with E-state index in [1.807, 2.05) is 4.98 Å². The van der Waals surface area contributed by atoms with E-state index < -0.39 is 41.1 Å². The number of nitrogens with one attached hydrogen (secondary N) is 1. The molecule has 1 aromatic heterocycles. The normalized spacial score (nSPS) is 25.0. The highest BCUT2D eigenvalue weighted by Gasteiger charge is 2.42. The molecule has 3 N–H and O–H groups in total. The highest BCUT2D eigenvalue weighted by Crippen LogP contribution is 2.40. The van der Waals surface area contributed by atoms with Crippen molar-refractivity contribution in [3.8, 4) is 0 Å². The summed E-state index contributed by atoms with van der Waals surface area (Å²) in [5.41, 5.74) is 3.60. The first-order chi connectivity index (χ1) is 12.3. The van der Waals surface area contributed by atoms with Crippen molar-refractivity contribution in [3.05, 3.63) is 26.4 Å². The van der Waals surface area contributed by atoms with Gasteiger partial charge in [-0.05, 0) is 25.7 Å². The van der Waals surface area contributed by atoms with Crippen LogP contribution in [0.2, 0.25) is 0 Å². The van der Waals surface area contributed by atoms with Crippen LogP contribution in [0.5, 0.6) is 0 Å². The lowest BCUT2D eigenvalue weighted by Gasteiger charge is -2.36. The summed E-state index contributed by atoms with van der Waals surface area (Å²) < 4.78 is 6.02. The number of ketones is 2. The first-order valence-electron chi connectivity index (χ1n) is 8.62. The highest BCUT2D eigenvalue weighted by molar-refractivity contribution is 6.01. The molecular weight excluding hydrogens is 342 g/mol. The Kier molecular flexibility index (Phi) is 4.80. The molecule has 9 nitrogen and oxygen atoms in total. The predicted molar refractivity (Wildman–Crippen MR) is 90.6 cm³/mol. The van der Waals surface area contributed by atoms with Crippen LogP contribution >= 0.6 is 0 Å². The number of hydrogen-bond donors (Lipinski definition) is 2. The van der Waals surface area contributed by atoms with Crippen molar-refractivity contribution < 1.29 is 19.1 Å². The molecule has 1 heterocycles. The Hall–Kier alpha value is -2.71. The minimum absolute atomic E-state index is 0.0992. The lowest BCUT2D eigenvalue weighted by Crippen LogP contribution is -2.40. The number of anilines is 1. The second-order valence-corrected chi connectivity index (χ2v) is 7.00. The maximum atomic E-state index is 12.3. The minimum Gasteiger partial charge on any atom is -0.457 e. The molecule has 0 unspecified atom stereocenters. The Morgan fingerprint density at radius 1 is 1.19 bits per heavy atom. The minimum atomic E-state index is -0.913. The number of rotatable bonds is 4. The predicted octanol–water partition coefficient (Wildman–Crippen LogP) is -0.223. The molecule has 3 rings (SSSR count). The van der Waals surface area contributed by atoms with E-state index in [1.165, 1.54) is 7.05 Å². The lowest BCUT2D eigenvalue weighted by atomic mass is 9.67. The van der Waals surface area contributed by atoms with Crippen LogP contribution in [-0.4, -0.2) is 33.7 Å². The number of ether oxygens (including phenoxy) is 1. The molecule has 0 saturated heterocycles. The van der Waals surface area contributed by atoms with E-state index in [0.29, 0.717) is 12.8 Å². The van der Waals surface area contributed by atoms with Crippen molar-refractivity contribution in [3.63, 3.8) is 0 Å². The van der Waals surface area contributed by atoms with Gasteiger partial charge in [0.25, 0.3) is 5.56 Å². The number of esters is 1. The molecule has 2 aliphatic carbocycles. The van der Waals surface area contributed by atoms with Gasteiger partial charge in [-0.3, -0.25) is 28.7 Å². The number of fused-ring (bicyclic) bond motifs is 2. The van der Waals surface area contributed by atoms with Gasteiger partial charge in [0.05, 0.1) is 5.92 Å². The van der Waals surface area contributed by atoms with Gasteiger partial charge in [-0.25, -0.2) is 4.79 Å². The number of hydrogen-bond acceptors (Lipinski definition) is 7. The standard InChI is InChI=1S/C17H21N3O6/c1-20-14(18)12(15(23)19-17(20)25)11(21)7-26-16(24)10-5-8-3-2-4-9(6-10)13(8)22/h8-10H,2-7,18H2,1H3,(H,19,23,25)/t8-,9-/m0/s1. The Morgan fingerprint density at radius 3 is 2.42 bits per heavy atom. The zero-order valence-electron chi connectivity index (χ0n) is 14.4. The summed E-state index contributed by atoms with van der Waals surface area (Å²) in [6.07, 6.45) is 3.48. The van der Waals surface area contributed by atoms with Gasteiger partial charge in [-0.2, -0.15) is 0 Å². The molecule has 2 fully saturated rings. The number of aromatic nitrogens is 2. The van der Waals surface area contributed by atoms with Crippen LogP contribution in [0, 0.1) is 17.8 Å². The van der Waals surface area contributed by atoms with Crippen LogP contribution in [0.15, 0.2) is 9.59 Å². The molecule has 2 aliphatic rings. The topological polar surface area (TPSA) is 141 Å². The summed E-state index contributed by atoms with van der Waals surface area (Å²) in [7, 11) is 1.31. The van der Waals surface area contributed by atoms with Crippen LogP contribution in [0.3, 0.4) is 0 Å². The SMILES string of the molecule is Cn1c(N)c(C(=O)COC(=O)C2C[C@@H]3CCC[C@@H](C2)C3=O)c(=O)[nH]c1=O. The number of H-pyrrole nitrogens is 1. The Balaban J connectivity index is 1.66. The average molecular weight is 363 g/mol. The van der Waals surface area contributed by atoms with E-state index in [0.717, 1.165) is 23.8 Å². The van der Waals surface area contributed by atoms with Gasteiger partial charge in [-0.1, -0.05) is 6.42 Å². The third-order valence-electron chi connectivity index (χ3n) is 5.38. The van der Waals surface area contributed by atoms with Crippen molar-refractivity contribution in [2.24, 2.45) is 24.8 Å². The van der Waals surface area contributed by atoms with Gasteiger partial charge in [-0.15, -0.1) is 0 Å². The van der Waals surface area contributed by atoms with Gasteiger partial charge in [0.2, 0.25) is 5.78 Å². The third-order valence-corrected chi connectivity index (χ3v) is 5.38. The molecule has 0 radical (unpaired) electrons. The van der Waals surface area contributed by atoms with Crippen molar-refractivity contribution in [1.29, 1.82) is 0 Å². The molecule has 2 saturated carbocycles. The van der Waals surface area contributed by atoms with Crippen LogP contribution in [0.25, 0.3) is 0 Å². The second kappa shape index (κ2) is 6.89. The van der Waals surface area contributed by atoms with E-state index in [4.69, 9.17) is 10.5 Å². The van der Waals surface area contributed by atoms with Crippen molar-refractivity contribution in [1.82, 2.24) is 9.55 Å². The smallest absolute Gasteiger partial charge is 0.329 e. The number of carbonyl (C=O) groups is 3. The summed E-state index contributed by atoms with van der Waals surface area (Å²) in [5.74, 6) is -1.97. The first-order valence-corrected chi connectivity index (χ1v) is 8.62. The largest absolute Gasteiger partial charge is 0.457 e. The average Bonchev–Trinajstić information content (AvgIpc) is 2.57. The van der Waals surface area contributed by atoms with Crippen LogP contribution < -0.4 is 17.0 Å². The van der Waals surface area contributed by atoms with Crippen LogP contribution in [0.4, 0.5) is 5.82 Å². The van der Waals surface area contributed by atoms with Gasteiger partial charge in [0, 0.05) is 18.9 Å². The van der Waals surface area contributed by atoms with Gasteiger partial charge < -0.3 is 10.5 Å². The fourth-order valence-electron chi connectivity index (χ4n) is 3.91. The number of carbonyl (C=O) groups excluding carboxylic acids is 3. The fraction of sp³-hybridized carbons (Fsp3) is 0.588. The zero-order chi connectivity index (χ0) is 19.0. The van der Waals surface area contributed by atoms with Crippen molar-refractivity contribution in [2.45, 2.75) is 32.1 Å². The molecule has 0 spiro atoms. The van der Waals surface area contributed by atoms with Gasteiger partial charge in [0.15, 0.2) is 6.61 Å².